The maximum absolute atomic E-state index is 5.11. The van der Waals surface area contributed by atoms with Crippen molar-refractivity contribution in [2.75, 3.05) is 7.11 Å². The van der Waals surface area contributed by atoms with E-state index in [0.717, 1.165) is 12.8 Å². The first-order valence-corrected chi connectivity index (χ1v) is 6.65. The van der Waals surface area contributed by atoms with Crippen molar-refractivity contribution in [2.45, 2.75) is 31.6 Å². The number of H-pyrrole nitrogens is 1. The van der Waals surface area contributed by atoms with Crippen LogP contribution in [-0.4, -0.2) is 12.1 Å². The molecule has 18 heavy (non-hydrogen) atoms. The summed E-state index contributed by atoms with van der Waals surface area (Å²) in [6.07, 6.45) is 8.91. The molecule has 1 fully saturated rings. The van der Waals surface area contributed by atoms with Crippen LogP contribution in [0.1, 0.15) is 37.2 Å². The van der Waals surface area contributed by atoms with Crippen molar-refractivity contribution < 1.29 is 4.74 Å². The zero-order valence-corrected chi connectivity index (χ0v) is 10.8. The summed E-state index contributed by atoms with van der Waals surface area (Å²) in [5, 5.41) is 1.39. The zero-order chi connectivity index (χ0) is 12.4. The maximum atomic E-state index is 5.11. The minimum Gasteiger partial charge on any atom is -0.504 e. The second-order valence-electron chi connectivity index (χ2n) is 5.08. The molecule has 1 heterocycles. The summed E-state index contributed by atoms with van der Waals surface area (Å²) in [7, 11) is 1.73. The number of benzene rings is 1. The first-order valence-electron chi connectivity index (χ1n) is 6.65. The summed E-state index contributed by atoms with van der Waals surface area (Å²) in [6.45, 7) is 0. The molecule has 1 aromatic carbocycles. The van der Waals surface area contributed by atoms with Crippen LogP contribution in [0.2, 0.25) is 0 Å². The molecule has 0 unspecified atom stereocenters. The Labute approximate surface area is 108 Å². The van der Waals surface area contributed by atoms with Gasteiger partial charge in [-0.3, -0.25) is 0 Å². The Hall–Kier alpha value is -1.70. The average Bonchev–Trinajstić information content (AvgIpc) is 2.84. The molecule has 0 saturated heterocycles. The monoisotopic (exact) mass is 241 g/mol. The van der Waals surface area contributed by atoms with E-state index in [2.05, 4.69) is 35.4 Å². The van der Waals surface area contributed by atoms with Crippen LogP contribution in [0.4, 0.5) is 0 Å². The highest BCUT2D eigenvalue weighted by atomic mass is 16.5. The number of hydrogen-bond donors (Lipinski definition) is 1. The molecule has 1 saturated carbocycles. The van der Waals surface area contributed by atoms with Crippen LogP contribution in [-0.2, 0) is 4.74 Å². The molecule has 1 aliphatic rings. The second-order valence-corrected chi connectivity index (χ2v) is 5.08. The molecule has 0 bridgehead atoms. The Morgan fingerprint density at radius 3 is 2.78 bits per heavy atom. The topological polar surface area (TPSA) is 25.0 Å². The molecule has 0 amide bonds. The summed E-state index contributed by atoms with van der Waals surface area (Å²) in [6, 6.07) is 8.58. The Bertz CT molecular complexity index is 557. The molecule has 1 aromatic heterocycles. The first kappa shape index (κ1) is 11.4. The third kappa shape index (κ3) is 2.03. The van der Waals surface area contributed by atoms with Gasteiger partial charge in [-0.15, -0.1) is 0 Å². The Kier molecular flexibility index (Phi) is 3.09. The molecule has 0 aliphatic heterocycles. The predicted molar refractivity (Wildman–Crippen MR) is 74.6 cm³/mol. The predicted octanol–water partition coefficient (Wildman–Crippen LogP) is 4.36. The van der Waals surface area contributed by atoms with E-state index in [9.17, 15) is 0 Å². The molecular weight excluding hydrogens is 222 g/mol. The van der Waals surface area contributed by atoms with Gasteiger partial charge in [0.1, 0.15) is 0 Å². The van der Waals surface area contributed by atoms with Gasteiger partial charge in [-0.25, -0.2) is 0 Å². The Morgan fingerprint density at radius 2 is 2.00 bits per heavy atom. The number of aromatic nitrogens is 1. The standard InChI is InChI=1S/C16H19NO/c1-18-11-12-6-8-13(9-7-12)15-10-17-16-5-3-2-4-14(15)16/h2-5,10-11,13,17H,6-9H2,1H3. The normalized spacial score (nSPS) is 20.1. The van der Waals surface area contributed by atoms with E-state index >= 15 is 0 Å². The van der Waals surface area contributed by atoms with Crippen LogP contribution in [0.15, 0.2) is 42.3 Å². The van der Waals surface area contributed by atoms with Crippen molar-refractivity contribution in [1.82, 2.24) is 4.98 Å². The van der Waals surface area contributed by atoms with Crippen LogP contribution >= 0.6 is 0 Å². The minimum atomic E-state index is 0.690. The molecule has 94 valence electrons. The van der Waals surface area contributed by atoms with E-state index in [1.54, 1.807) is 7.11 Å². The highest BCUT2D eigenvalue weighted by Gasteiger charge is 2.20. The van der Waals surface area contributed by atoms with Gasteiger partial charge < -0.3 is 9.72 Å². The summed E-state index contributed by atoms with van der Waals surface area (Å²) in [4.78, 5) is 3.38. The molecule has 2 nitrogen and oxygen atoms in total. The third-order valence-electron chi connectivity index (χ3n) is 3.97. The van der Waals surface area contributed by atoms with Gasteiger partial charge in [0.15, 0.2) is 0 Å². The van der Waals surface area contributed by atoms with Gasteiger partial charge in [0.05, 0.1) is 13.4 Å². The van der Waals surface area contributed by atoms with Crippen molar-refractivity contribution in [3.63, 3.8) is 0 Å². The Morgan fingerprint density at radius 1 is 1.22 bits per heavy atom. The first-order chi connectivity index (χ1) is 8.88. The van der Waals surface area contributed by atoms with Gasteiger partial charge in [0, 0.05) is 17.1 Å². The van der Waals surface area contributed by atoms with E-state index < -0.39 is 0 Å². The summed E-state index contributed by atoms with van der Waals surface area (Å²) in [5.74, 6) is 0.690. The van der Waals surface area contributed by atoms with Crippen molar-refractivity contribution in [3.8, 4) is 0 Å². The number of para-hydroxylation sites is 1. The highest BCUT2D eigenvalue weighted by molar-refractivity contribution is 5.83. The van der Waals surface area contributed by atoms with E-state index in [0.29, 0.717) is 5.92 Å². The molecule has 1 N–H and O–H groups in total. The summed E-state index contributed by atoms with van der Waals surface area (Å²) < 4.78 is 5.11. The molecular formula is C16H19NO. The number of fused-ring (bicyclic) bond motifs is 1. The second kappa shape index (κ2) is 4.89. The molecule has 2 aromatic rings. The average molecular weight is 241 g/mol. The van der Waals surface area contributed by atoms with Gasteiger partial charge in [0.25, 0.3) is 0 Å². The number of allylic oxidation sites excluding steroid dienone is 1. The van der Waals surface area contributed by atoms with E-state index in [1.807, 2.05) is 6.26 Å². The minimum absolute atomic E-state index is 0.690. The van der Waals surface area contributed by atoms with Gasteiger partial charge in [-0.05, 0) is 48.8 Å². The van der Waals surface area contributed by atoms with Gasteiger partial charge >= 0.3 is 0 Å². The lowest BCUT2D eigenvalue weighted by molar-refractivity contribution is 0.326. The van der Waals surface area contributed by atoms with Gasteiger partial charge in [-0.2, -0.15) is 0 Å². The fourth-order valence-corrected chi connectivity index (χ4v) is 3.02. The van der Waals surface area contributed by atoms with E-state index in [-0.39, 0.29) is 0 Å². The van der Waals surface area contributed by atoms with Crippen LogP contribution in [0.5, 0.6) is 0 Å². The Balaban J connectivity index is 1.82. The van der Waals surface area contributed by atoms with Crippen molar-refractivity contribution >= 4 is 10.9 Å². The van der Waals surface area contributed by atoms with Crippen LogP contribution in [0.25, 0.3) is 10.9 Å². The lowest BCUT2D eigenvalue weighted by atomic mass is 9.82. The quantitative estimate of drug-likeness (QED) is 0.776. The molecule has 1 aliphatic carbocycles. The van der Waals surface area contributed by atoms with E-state index in [1.165, 1.54) is 34.9 Å². The molecule has 0 spiro atoms. The SMILES string of the molecule is COC=C1CCC(c2c[nH]c3ccccc23)CC1. The largest absolute Gasteiger partial charge is 0.504 e. The van der Waals surface area contributed by atoms with Crippen molar-refractivity contribution in [3.05, 3.63) is 47.9 Å². The smallest absolute Gasteiger partial charge is 0.0816 e. The summed E-state index contributed by atoms with van der Waals surface area (Å²) >= 11 is 0. The number of methoxy groups -OCH3 is 1. The van der Waals surface area contributed by atoms with Crippen molar-refractivity contribution in [1.29, 1.82) is 0 Å². The van der Waals surface area contributed by atoms with Crippen LogP contribution in [0, 0.1) is 0 Å². The van der Waals surface area contributed by atoms with Gasteiger partial charge in [0.2, 0.25) is 0 Å². The number of ether oxygens (including phenoxy) is 1. The number of hydrogen-bond acceptors (Lipinski definition) is 1. The van der Waals surface area contributed by atoms with Crippen molar-refractivity contribution in [2.24, 2.45) is 0 Å². The van der Waals surface area contributed by atoms with Crippen LogP contribution in [0.3, 0.4) is 0 Å². The fourth-order valence-electron chi connectivity index (χ4n) is 3.02. The fraction of sp³-hybridized carbons (Fsp3) is 0.375. The third-order valence-corrected chi connectivity index (χ3v) is 3.97. The highest BCUT2D eigenvalue weighted by Crippen LogP contribution is 2.38. The lowest BCUT2D eigenvalue weighted by Gasteiger charge is -2.23. The molecule has 3 rings (SSSR count). The van der Waals surface area contributed by atoms with E-state index in [4.69, 9.17) is 4.74 Å². The lowest BCUT2D eigenvalue weighted by Crippen LogP contribution is -2.06. The maximum Gasteiger partial charge on any atom is 0.0816 e. The number of nitrogens with one attached hydrogen (secondary N) is 1. The molecule has 0 atom stereocenters. The molecule has 0 radical (unpaired) electrons. The molecule has 2 heteroatoms. The number of aromatic amines is 1. The summed E-state index contributed by atoms with van der Waals surface area (Å²) in [5.41, 5.74) is 4.20. The van der Waals surface area contributed by atoms with Crippen LogP contribution < -0.4 is 0 Å². The number of rotatable bonds is 2. The zero-order valence-electron chi connectivity index (χ0n) is 10.8. The van der Waals surface area contributed by atoms with Gasteiger partial charge in [-0.1, -0.05) is 18.2 Å².